The molecule has 0 saturated heterocycles. The Balaban J connectivity index is 2.07. The van der Waals surface area contributed by atoms with Crippen LogP contribution in [-0.4, -0.2) is 37.2 Å². The molecule has 0 aliphatic rings. The van der Waals surface area contributed by atoms with Crippen molar-refractivity contribution < 1.29 is 9.53 Å². The van der Waals surface area contributed by atoms with Gasteiger partial charge in [0.05, 0.1) is 18.5 Å². The zero-order valence-corrected chi connectivity index (χ0v) is 14.5. The number of methoxy groups -OCH3 is 1. The second-order valence-corrected chi connectivity index (χ2v) is 5.86. The topological polar surface area (TPSA) is 54.5 Å². The molecule has 1 heterocycles. The number of anilines is 1. The number of nitrogens with one attached hydrogen (secondary N) is 1. The lowest BCUT2D eigenvalue weighted by Gasteiger charge is -2.29. The number of benzene rings is 1. The number of hydrogen-bond donors (Lipinski definition) is 1. The van der Waals surface area contributed by atoms with Crippen molar-refractivity contribution in [3.8, 4) is 0 Å². The molecule has 1 aromatic heterocycles. The summed E-state index contributed by atoms with van der Waals surface area (Å²) in [6.45, 7) is 6.06. The van der Waals surface area contributed by atoms with Gasteiger partial charge in [-0.1, -0.05) is 30.3 Å². The van der Waals surface area contributed by atoms with Crippen LogP contribution in [0.1, 0.15) is 29.9 Å². The molecule has 24 heavy (non-hydrogen) atoms. The standard InChI is InChI=1S/C19H25N3O2/c1-15(2)22(14-16-7-5-4-6-8-16)17-9-10-18(21-13-17)19(23)20-11-12-24-3/h4-10,13,15H,11-12,14H2,1-3H3,(H,20,23). The predicted molar refractivity (Wildman–Crippen MR) is 96.2 cm³/mol. The zero-order valence-electron chi connectivity index (χ0n) is 14.5. The van der Waals surface area contributed by atoms with Crippen LogP contribution in [0.4, 0.5) is 5.69 Å². The molecule has 0 fully saturated rings. The second-order valence-electron chi connectivity index (χ2n) is 5.86. The molecule has 0 atom stereocenters. The Morgan fingerprint density at radius 1 is 1.21 bits per heavy atom. The molecular weight excluding hydrogens is 302 g/mol. The van der Waals surface area contributed by atoms with Gasteiger partial charge in [0.2, 0.25) is 0 Å². The van der Waals surface area contributed by atoms with Crippen molar-refractivity contribution >= 4 is 11.6 Å². The number of ether oxygens (including phenoxy) is 1. The summed E-state index contributed by atoms with van der Waals surface area (Å²) in [5.41, 5.74) is 2.66. The Hall–Kier alpha value is -2.40. The van der Waals surface area contributed by atoms with Crippen molar-refractivity contribution in [3.63, 3.8) is 0 Å². The van der Waals surface area contributed by atoms with Crippen LogP contribution in [0, 0.1) is 0 Å². The summed E-state index contributed by atoms with van der Waals surface area (Å²) in [6, 6.07) is 14.4. The van der Waals surface area contributed by atoms with E-state index >= 15 is 0 Å². The number of amides is 1. The van der Waals surface area contributed by atoms with E-state index in [1.165, 1.54) is 5.56 Å². The maximum atomic E-state index is 12.0. The summed E-state index contributed by atoms with van der Waals surface area (Å²) in [5, 5.41) is 2.77. The average Bonchev–Trinajstić information content (AvgIpc) is 2.60. The highest BCUT2D eigenvalue weighted by Crippen LogP contribution is 2.19. The van der Waals surface area contributed by atoms with E-state index in [9.17, 15) is 4.79 Å². The van der Waals surface area contributed by atoms with Gasteiger partial charge in [-0.05, 0) is 31.5 Å². The highest BCUT2D eigenvalue weighted by atomic mass is 16.5. The van der Waals surface area contributed by atoms with Crippen LogP contribution in [0.15, 0.2) is 48.7 Å². The predicted octanol–water partition coefficient (Wildman–Crippen LogP) is 2.87. The Labute approximate surface area is 143 Å². The third-order valence-corrected chi connectivity index (χ3v) is 3.72. The van der Waals surface area contributed by atoms with Crippen LogP contribution in [-0.2, 0) is 11.3 Å². The monoisotopic (exact) mass is 327 g/mol. The third-order valence-electron chi connectivity index (χ3n) is 3.72. The van der Waals surface area contributed by atoms with Gasteiger partial charge in [0, 0.05) is 26.2 Å². The van der Waals surface area contributed by atoms with Gasteiger partial charge in [0.25, 0.3) is 5.91 Å². The molecule has 128 valence electrons. The number of nitrogens with zero attached hydrogens (tertiary/aromatic N) is 2. The number of aromatic nitrogens is 1. The minimum Gasteiger partial charge on any atom is -0.383 e. The van der Waals surface area contributed by atoms with Gasteiger partial charge in [-0.2, -0.15) is 0 Å². The molecule has 5 heteroatoms. The molecule has 0 unspecified atom stereocenters. The van der Waals surface area contributed by atoms with Crippen molar-refractivity contribution in [3.05, 3.63) is 59.9 Å². The summed E-state index contributed by atoms with van der Waals surface area (Å²) in [6.07, 6.45) is 1.76. The van der Waals surface area contributed by atoms with E-state index in [4.69, 9.17) is 4.74 Å². The molecular formula is C19H25N3O2. The Bertz CT molecular complexity index is 627. The van der Waals surface area contributed by atoms with E-state index in [1.807, 2.05) is 24.3 Å². The molecule has 1 N–H and O–H groups in total. The minimum absolute atomic E-state index is 0.183. The number of pyridine rings is 1. The zero-order chi connectivity index (χ0) is 17.4. The lowest BCUT2D eigenvalue weighted by Crippen LogP contribution is -2.31. The fourth-order valence-electron chi connectivity index (χ4n) is 2.40. The fraction of sp³-hybridized carbons (Fsp3) is 0.368. The van der Waals surface area contributed by atoms with Gasteiger partial charge >= 0.3 is 0 Å². The Morgan fingerprint density at radius 3 is 2.54 bits per heavy atom. The van der Waals surface area contributed by atoms with Gasteiger partial charge in [0.1, 0.15) is 5.69 Å². The maximum absolute atomic E-state index is 12.0. The quantitative estimate of drug-likeness (QED) is 0.758. The molecule has 0 bridgehead atoms. The Morgan fingerprint density at radius 2 is 1.96 bits per heavy atom. The first-order valence-corrected chi connectivity index (χ1v) is 8.15. The molecule has 1 amide bonds. The number of carbonyl (C=O) groups is 1. The van der Waals surface area contributed by atoms with Crippen LogP contribution in [0.3, 0.4) is 0 Å². The maximum Gasteiger partial charge on any atom is 0.269 e. The van der Waals surface area contributed by atoms with Gasteiger partial charge in [0.15, 0.2) is 0 Å². The van der Waals surface area contributed by atoms with Crippen LogP contribution in [0.2, 0.25) is 0 Å². The van der Waals surface area contributed by atoms with E-state index in [-0.39, 0.29) is 5.91 Å². The first-order chi connectivity index (χ1) is 11.6. The molecule has 1 aromatic carbocycles. The molecule has 0 aliphatic heterocycles. The van der Waals surface area contributed by atoms with Crippen LogP contribution in [0.5, 0.6) is 0 Å². The lowest BCUT2D eigenvalue weighted by molar-refractivity contribution is 0.0932. The molecule has 2 aromatic rings. The number of carbonyl (C=O) groups excluding carboxylic acids is 1. The fourth-order valence-corrected chi connectivity index (χ4v) is 2.40. The van der Waals surface area contributed by atoms with Gasteiger partial charge < -0.3 is 15.0 Å². The van der Waals surface area contributed by atoms with Crippen LogP contribution < -0.4 is 10.2 Å². The van der Waals surface area contributed by atoms with Crippen molar-refractivity contribution in [2.24, 2.45) is 0 Å². The van der Waals surface area contributed by atoms with E-state index in [2.05, 4.69) is 41.2 Å². The van der Waals surface area contributed by atoms with Gasteiger partial charge in [-0.3, -0.25) is 4.79 Å². The summed E-state index contributed by atoms with van der Waals surface area (Å²) >= 11 is 0. The molecule has 0 saturated carbocycles. The van der Waals surface area contributed by atoms with Gasteiger partial charge in [-0.25, -0.2) is 4.98 Å². The first kappa shape index (κ1) is 17.9. The van der Waals surface area contributed by atoms with E-state index in [1.54, 1.807) is 19.4 Å². The highest BCUT2D eigenvalue weighted by molar-refractivity contribution is 5.92. The lowest BCUT2D eigenvalue weighted by atomic mass is 10.1. The first-order valence-electron chi connectivity index (χ1n) is 8.15. The molecule has 0 radical (unpaired) electrons. The molecule has 0 spiro atoms. The van der Waals surface area contributed by atoms with E-state index in [0.717, 1.165) is 12.2 Å². The normalized spacial score (nSPS) is 10.7. The smallest absolute Gasteiger partial charge is 0.269 e. The third kappa shape index (κ3) is 5.06. The number of hydrogen-bond acceptors (Lipinski definition) is 4. The SMILES string of the molecule is COCCNC(=O)c1ccc(N(Cc2ccccc2)C(C)C)cn1. The highest BCUT2D eigenvalue weighted by Gasteiger charge is 2.13. The van der Waals surface area contributed by atoms with Crippen LogP contribution in [0.25, 0.3) is 0 Å². The van der Waals surface area contributed by atoms with E-state index < -0.39 is 0 Å². The summed E-state index contributed by atoms with van der Waals surface area (Å²) in [5.74, 6) is -0.183. The van der Waals surface area contributed by atoms with Crippen LogP contribution >= 0.6 is 0 Å². The second kappa shape index (κ2) is 9.03. The molecule has 2 rings (SSSR count). The average molecular weight is 327 g/mol. The Kier molecular flexibility index (Phi) is 6.75. The van der Waals surface area contributed by atoms with Crippen molar-refractivity contribution in [1.82, 2.24) is 10.3 Å². The summed E-state index contributed by atoms with van der Waals surface area (Å²) < 4.78 is 4.92. The van der Waals surface area contributed by atoms with Crippen molar-refractivity contribution in [2.45, 2.75) is 26.4 Å². The largest absolute Gasteiger partial charge is 0.383 e. The molecule has 0 aliphatic carbocycles. The van der Waals surface area contributed by atoms with Crippen molar-refractivity contribution in [2.75, 3.05) is 25.2 Å². The number of rotatable bonds is 8. The van der Waals surface area contributed by atoms with E-state index in [0.29, 0.717) is 24.9 Å². The van der Waals surface area contributed by atoms with Crippen molar-refractivity contribution in [1.29, 1.82) is 0 Å². The summed E-state index contributed by atoms with van der Waals surface area (Å²) in [7, 11) is 1.60. The molecule has 5 nitrogen and oxygen atoms in total. The summed E-state index contributed by atoms with van der Waals surface area (Å²) in [4.78, 5) is 18.5. The minimum atomic E-state index is -0.183. The van der Waals surface area contributed by atoms with Gasteiger partial charge in [-0.15, -0.1) is 0 Å².